The highest BCUT2D eigenvalue weighted by Crippen LogP contribution is 2.21. The highest BCUT2D eigenvalue weighted by molar-refractivity contribution is 5.38. The summed E-state index contributed by atoms with van der Waals surface area (Å²) in [4.78, 5) is 0. The lowest BCUT2D eigenvalue weighted by molar-refractivity contribution is 0.551. The van der Waals surface area contributed by atoms with E-state index in [-0.39, 0.29) is 11.7 Å². The standard InChI is InChI=1S/C13H16F2N4/c1-3-4-10(16)11-7-19(18-17-11)13-9(14)6-5-8(2)12(13)15/h5-7,10H,3-4,16H2,1-2H3. The zero-order valence-electron chi connectivity index (χ0n) is 10.9. The molecule has 1 aromatic carbocycles. The van der Waals surface area contributed by atoms with Gasteiger partial charge in [0.15, 0.2) is 11.6 Å². The van der Waals surface area contributed by atoms with Gasteiger partial charge in [-0.15, -0.1) is 5.10 Å². The molecule has 0 aliphatic rings. The van der Waals surface area contributed by atoms with Crippen LogP contribution >= 0.6 is 0 Å². The van der Waals surface area contributed by atoms with Crippen molar-refractivity contribution in [1.29, 1.82) is 0 Å². The van der Waals surface area contributed by atoms with Gasteiger partial charge in [0.25, 0.3) is 0 Å². The molecule has 4 nitrogen and oxygen atoms in total. The van der Waals surface area contributed by atoms with Gasteiger partial charge in [-0.25, -0.2) is 13.5 Å². The third-order valence-electron chi connectivity index (χ3n) is 2.98. The first-order valence-electron chi connectivity index (χ1n) is 6.17. The fraction of sp³-hybridized carbons (Fsp3) is 0.385. The Kier molecular flexibility index (Phi) is 3.90. The Morgan fingerprint density at radius 2 is 2.11 bits per heavy atom. The van der Waals surface area contributed by atoms with Gasteiger partial charge >= 0.3 is 0 Å². The average molecular weight is 266 g/mol. The SMILES string of the molecule is CCCC(N)c1cn(-c2c(F)ccc(C)c2F)nn1. The minimum Gasteiger partial charge on any atom is -0.323 e. The smallest absolute Gasteiger partial charge is 0.154 e. The van der Waals surface area contributed by atoms with E-state index < -0.39 is 11.6 Å². The molecule has 2 rings (SSSR count). The maximum Gasteiger partial charge on any atom is 0.154 e. The van der Waals surface area contributed by atoms with Gasteiger partial charge in [0.1, 0.15) is 5.69 Å². The van der Waals surface area contributed by atoms with Crippen LogP contribution in [0.2, 0.25) is 0 Å². The van der Waals surface area contributed by atoms with E-state index in [1.54, 1.807) is 6.92 Å². The van der Waals surface area contributed by atoms with E-state index in [1.165, 1.54) is 18.3 Å². The number of benzene rings is 1. The van der Waals surface area contributed by atoms with Gasteiger partial charge in [-0.05, 0) is 25.0 Å². The van der Waals surface area contributed by atoms with Crippen molar-refractivity contribution >= 4 is 0 Å². The van der Waals surface area contributed by atoms with Gasteiger partial charge in [-0.3, -0.25) is 0 Å². The molecule has 0 amide bonds. The molecular formula is C13H16F2N4. The molecular weight excluding hydrogens is 250 g/mol. The molecule has 1 unspecified atom stereocenters. The van der Waals surface area contributed by atoms with E-state index in [0.717, 1.165) is 17.5 Å². The highest BCUT2D eigenvalue weighted by atomic mass is 19.1. The molecule has 102 valence electrons. The average Bonchev–Trinajstić information content (AvgIpc) is 2.84. The Bertz CT molecular complexity index is 580. The molecule has 0 spiro atoms. The highest BCUT2D eigenvalue weighted by Gasteiger charge is 2.17. The van der Waals surface area contributed by atoms with Gasteiger partial charge in [0.2, 0.25) is 0 Å². The summed E-state index contributed by atoms with van der Waals surface area (Å²) in [5, 5.41) is 7.64. The minimum atomic E-state index is -0.677. The van der Waals surface area contributed by atoms with Crippen molar-refractivity contribution in [1.82, 2.24) is 15.0 Å². The summed E-state index contributed by atoms with van der Waals surface area (Å²) in [6.45, 7) is 3.57. The van der Waals surface area contributed by atoms with Gasteiger partial charge in [-0.2, -0.15) is 0 Å². The summed E-state index contributed by atoms with van der Waals surface area (Å²) < 4.78 is 28.8. The number of aromatic nitrogens is 3. The molecule has 0 radical (unpaired) electrons. The van der Waals surface area contributed by atoms with Crippen molar-refractivity contribution in [3.8, 4) is 5.69 Å². The van der Waals surface area contributed by atoms with Crippen molar-refractivity contribution in [2.75, 3.05) is 0 Å². The van der Waals surface area contributed by atoms with Crippen molar-refractivity contribution in [3.05, 3.63) is 41.2 Å². The second kappa shape index (κ2) is 5.44. The second-order valence-electron chi connectivity index (χ2n) is 4.51. The molecule has 2 N–H and O–H groups in total. The van der Waals surface area contributed by atoms with Gasteiger partial charge in [-0.1, -0.05) is 24.6 Å². The van der Waals surface area contributed by atoms with Crippen LogP contribution in [-0.4, -0.2) is 15.0 Å². The lowest BCUT2D eigenvalue weighted by atomic mass is 10.1. The number of nitrogens with two attached hydrogens (primary N) is 1. The fourth-order valence-corrected chi connectivity index (χ4v) is 1.87. The summed E-state index contributed by atoms with van der Waals surface area (Å²) in [5.74, 6) is -1.32. The zero-order valence-corrected chi connectivity index (χ0v) is 10.9. The molecule has 0 aliphatic carbocycles. The van der Waals surface area contributed by atoms with Crippen molar-refractivity contribution in [3.63, 3.8) is 0 Å². The molecule has 19 heavy (non-hydrogen) atoms. The molecule has 1 heterocycles. The zero-order chi connectivity index (χ0) is 14.0. The Balaban J connectivity index is 2.41. The fourth-order valence-electron chi connectivity index (χ4n) is 1.87. The first-order chi connectivity index (χ1) is 9.04. The lowest BCUT2D eigenvalue weighted by Gasteiger charge is -2.07. The molecule has 1 atom stereocenters. The van der Waals surface area contributed by atoms with Crippen LogP contribution in [0.3, 0.4) is 0 Å². The third-order valence-corrected chi connectivity index (χ3v) is 2.98. The number of hydrogen-bond donors (Lipinski definition) is 1. The minimum absolute atomic E-state index is 0.220. The topological polar surface area (TPSA) is 56.7 Å². The number of halogens is 2. The third kappa shape index (κ3) is 2.63. The van der Waals surface area contributed by atoms with E-state index in [0.29, 0.717) is 11.3 Å². The Hall–Kier alpha value is -1.82. The summed E-state index contributed by atoms with van der Waals surface area (Å²) in [6.07, 6.45) is 3.12. The van der Waals surface area contributed by atoms with Crippen LogP contribution in [0.25, 0.3) is 5.69 Å². The van der Waals surface area contributed by atoms with Crippen molar-refractivity contribution in [2.24, 2.45) is 5.73 Å². The van der Waals surface area contributed by atoms with Crippen LogP contribution in [0.1, 0.15) is 37.1 Å². The predicted molar refractivity (Wildman–Crippen MR) is 67.8 cm³/mol. The maximum atomic E-state index is 13.9. The largest absolute Gasteiger partial charge is 0.323 e. The van der Waals surface area contributed by atoms with E-state index in [1.807, 2.05) is 6.92 Å². The number of hydrogen-bond acceptors (Lipinski definition) is 3. The quantitative estimate of drug-likeness (QED) is 0.925. The first kappa shape index (κ1) is 13.6. The van der Waals surface area contributed by atoms with Crippen LogP contribution in [0.4, 0.5) is 8.78 Å². The second-order valence-corrected chi connectivity index (χ2v) is 4.51. The van der Waals surface area contributed by atoms with E-state index in [4.69, 9.17) is 5.73 Å². The monoisotopic (exact) mass is 266 g/mol. The van der Waals surface area contributed by atoms with Gasteiger partial charge < -0.3 is 5.73 Å². The molecule has 0 aliphatic heterocycles. The molecule has 6 heteroatoms. The Morgan fingerprint density at radius 3 is 2.79 bits per heavy atom. The van der Waals surface area contributed by atoms with Crippen molar-refractivity contribution < 1.29 is 8.78 Å². The summed E-state index contributed by atoms with van der Waals surface area (Å²) in [6, 6.07) is 2.32. The van der Waals surface area contributed by atoms with Crippen LogP contribution < -0.4 is 5.73 Å². The Labute approximate surface area is 110 Å². The molecule has 0 saturated heterocycles. The van der Waals surface area contributed by atoms with Gasteiger partial charge in [0, 0.05) is 0 Å². The predicted octanol–water partition coefficient (Wildman–Crippen LogP) is 2.65. The van der Waals surface area contributed by atoms with E-state index >= 15 is 0 Å². The Morgan fingerprint density at radius 1 is 1.37 bits per heavy atom. The van der Waals surface area contributed by atoms with Crippen LogP contribution in [0.15, 0.2) is 18.3 Å². The lowest BCUT2D eigenvalue weighted by Crippen LogP contribution is -2.10. The first-order valence-corrected chi connectivity index (χ1v) is 6.17. The van der Waals surface area contributed by atoms with Crippen LogP contribution in [0.5, 0.6) is 0 Å². The molecule has 0 bridgehead atoms. The molecule has 0 saturated carbocycles. The number of rotatable bonds is 4. The molecule has 1 aromatic heterocycles. The van der Waals surface area contributed by atoms with E-state index in [2.05, 4.69) is 10.3 Å². The van der Waals surface area contributed by atoms with Crippen LogP contribution in [0, 0.1) is 18.6 Å². The van der Waals surface area contributed by atoms with Crippen LogP contribution in [-0.2, 0) is 0 Å². The maximum absolute atomic E-state index is 13.9. The van der Waals surface area contributed by atoms with Crippen molar-refractivity contribution in [2.45, 2.75) is 32.7 Å². The summed E-state index contributed by atoms with van der Waals surface area (Å²) >= 11 is 0. The molecule has 2 aromatic rings. The summed E-state index contributed by atoms with van der Waals surface area (Å²) in [7, 11) is 0. The number of aryl methyl sites for hydroxylation is 1. The molecule has 0 fully saturated rings. The van der Waals surface area contributed by atoms with E-state index in [9.17, 15) is 8.78 Å². The number of nitrogens with zero attached hydrogens (tertiary/aromatic N) is 3. The summed E-state index contributed by atoms with van der Waals surface area (Å²) in [5.41, 5.74) is 6.56. The van der Waals surface area contributed by atoms with Gasteiger partial charge in [0.05, 0.1) is 17.9 Å². The normalized spacial score (nSPS) is 12.7.